The largest absolute Gasteiger partial charge is 0.350 e. The van der Waals surface area contributed by atoms with E-state index in [1.54, 1.807) is 12.2 Å². The first-order chi connectivity index (χ1) is 13.0. The van der Waals surface area contributed by atoms with Crippen molar-refractivity contribution in [3.05, 3.63) is 75.8 Å². The monoisotopic (exact) mass is 383 g/mol. The van der Waals surface area contributed by atoms with E-state index >= 15 is 0 Å². The summed E-state index contributed by atoms with van der Waals surface area (Å²) in [6.45, 7) is 6.49. The molecule has 0 saturated heterocycles. The van der Waals surface area contributed by atoms with E-state index in [9.17, 15) is 4.79 Å². The van der Waals surface area contributed by atoms with Crippen LogP contribution in [0.25, 0.3) is 6.08 Å². The number of aryl methyl sites for hydroxylation is 2. The Labute approximate surface area is 168 Å². The van der Waals surface area contributed by atoms with Gasteiger partial charge in [0.1, 0.15) is 0 Å². The molecule has 3 heteroatoms. The molecule has 0 aliphatic carbocycles. The topological polar surface area (TPSA) is 29.1 Å². The lowest BCUT2D eigenvalue weighted by Gasteiger charge is -2.15. The normalized spacial score (nSPS) is 12.3. The molecule has 2 nitrogen and oxygen atoms in total. The summed E-state index contributed by atoms with van der Waals surface area (Å²) in [5.74, 6) is -0.0752. The van der Waals surface area contributed by atoms with Gasteiger partial charge >= 0.3 is 0 Å². The Morgan fingerprint density at radius 2 is 1.70 bits per heavy atom. The molecule has 144 valence electrons. The molecule has 2 rings (SSSR count). The van der Waals surface area contributed by atoms with Crippen molar-refractivity contribution in [3.63, 3.8) is 0 Å². The summed E-state index contributed by atoms with van der Waals surface area (Å²) in [6, 6.07) is 14.3. The van der Waals surface area contributed by atoms with Crippen molar-refractivity contribution < 1.29 is 4.79 Å². The first-order valence-electron chi connectivity index (χ1n) is 9.86. The van der Waals surface area contributed by atoms with Gasteiger partial charge in [0, 0.05) is 17.1 Å². The van der Waals surface area contributed by atoms with Gasteiger partial charge < -0.3 is 5.32 Å². The Morgan fingerprint density at radius 1 is 1.04 bits per heavy atom. The average Bonchev–Trinajstić information content (AvgIpc) is 2.63. The van der Waals surface area contributed by atoms with Crippen molar-refractivity contribution in [2.75, 3.05) is 0 Å². The van der Waals surface area contributed by atoms with Crippen LogP contribution in [-0.4, -0.2) is 11.9 Å². The van der Waals surface area contributed by atoms with Gasteiger partial charge in [-0.05, 0) is 66.6 Å². The minimum absolute atomic E-state index is 0.0752. The van der Waals surface area contributed by atoms with Crippen LogP contribution in [0.3, 0.4) is 0 Å². The van der Waals surface area contributed by atoms with Crippen LogP contribution in [0.4, 0.5) is 0 Å². The van der Waals surface area contributed by atoms with Gasteiger partial charge in [0.25, 0.3) is 0 Å². The van der Waals surface area contributed by atoms with Crippen molar-refractivity contribution in [2.45, 2.75) is 58.9 Å². The lowest BCUT2D eigenvalue weighted by Crippen LogP contribution is -2.32. The standard InChI is InChI=1S/C24H30ClNO/c1-4-6-21-12-8-20(17-22(21)7-5-2)16-18(3)26-24(27)15-11-19-9-13-23(25)14-10-19/h8-15,17-18H,4-7,16H2,1-3H3,(H,26,27)/b15-11+. The molecule has 0 radical (unpaired) electrons. The number of amides is 1. The van der Waals surface area contributed by atoms with E-state index < -0.39 is 0 Å². The summed E-state index contributed by atoms with van der Waals surface area (Å²) in [7, 11) is 0. The van der Waals surface area contributed by atoms with Gasteiger partial charge in [-0.3, -0.25) is 4.79 Å². The third-order valence-electron chi connectivity index (χ3n) is 4.54. The molecule has 0 saturated carbocycles. The maximum atomic E-state index is 12.2. The van der Waals surface area contributed by atoms with E-state index in [2.05, 4.69) is 37.4 Å². The maximum Gasteiger partial charge on any atom is 0.244 e. The van der Waals surface area contributed by atoms with Crippen molar-refractivity contribution in [3.8, 4) is 0 Å². The van der Waals surface area contributed by atoms with Crippen molar-refractivity contribution in [2.24, 2.45) is 0 Å². The number of halogens is 1. The molecule has 1 unspecified atom stereocenters. The summed E-state index contributed by atoms with van der Waals surface area (Å²) >= 11 is 5.87. The zero-order valence-corrected chi connectivity index (χ0v) is 17.4. The lowest BCUT2D eigenvalue weighted by molar-refractivity contribution is -0.117. The van der Waals surface area contributed by atoms with Crippen molar-refractivity contribution >= 4 is 23.6 Å². The van der Waals surface area contributed by atoms with Crippen LogP contribution in [0, 0.1) is 0 Å². The van der Waals surface area contributed by atoms with E-state index in [1.807, 2.05) is 31.2 Å². The van der Waals surface area contributed by atoms with E-state index in [0.717, 1.165) is 31.2 Å². The summed E-state index contributed by atoms with van der Waals surface area (Å²) in [4.78, 5) is 12.2. The van der Waals surface area contributed by atoms with E-state index in [-0.39, 0.29) is 11.9 Å². The van der Waals surface area contributed by atoms with Crippen LogP contribution in [0.5, 0.6) is 0 Å². The van der Waals surface area contributed by atoms with Crippen LogP contribution in [-0.2, 0) is 24.1 Å². The molecule has 0 aliphatic rings. The first kappa shape index (κ1) is 21.2. The third kappa shape index (κ3) is 7.22. The molecule has 0 bridgehead atoms. The van der Waals surface area contributed by atoms with Gasteiger partial charge in [0.2, 0.25) is 5.91 Å². The zero-order chi connectivity index (χ0) is 19.6. The second-order valence-corrected chi connectivity index (χ2v) is 7.54. The fourth-order valence-electron chi connectivity index (χ4n) is 3.26. The highest BCUT2D eigenvalue weighted by molar-refractivity contribution is 6.30. The molecule has 0 heterocycles. The second kappa shape index (κ2) is 10.9. The molecule has 1 atom stereocenters. The molecule has 27 heavy (non-hydrogen) atoms. The Balaban J connectivity index is 1.94. The summed E-state index contributed by atoms with van der Waals surface area (Å²) in [5, 5.41) is 3.74. The van der Waals surface area contributed by atoms with Gasteiger partial charge in [-0.15, -0.1) is 0 Å². The molecule has 0 spiro atoms. The summed E-state index contributed by atoms with van der Waals surface area (Å²) in [5.41, 5.74) is 5.16. The van der Waals surface area contributed by atoms with Crippen LogP contribution in [0.15, 0.2) is 48.5 Å². The highest BCUT2D eigenvalue weighted by atomic mass is 35.5. The molecular weight excluding hydrogens is 354 g/mol. The number of nitrogens with one attached hydrogen (secondary N) is 1. The van der Waals surface area contributed by atoms with E-state index in [4.69, 9.17) is 11.6 Å². The van der Waals surface area contributed by atoms with E-state index in [1.165, 1.54) is 23.1 Å². The summed E-state index contributed by atoms with van der Waals surface area (Å²) in [6.07, 6.45) is 8.79. The molecule has 0 aromatic heterocycles. The minimum Gasteiger partial charge on any atom is -0.350 e. The Kier molecular flexibility index (Phi) is 8.60. The van der Waals surface area contributed by atoms with Crippen molar-refractivity contribution in [1.29, 1.82) is 0 Å². The van der Waals surface area contributed by atoms with Gasteiger partial charge in [-0.25, -0.2) is 0 Å². The highest BCUT2D eigenvalue weighted by Gasteiger charge is 2.09. The van der Waals surface area contributed by atoms with Gasteiger partial charge in [0.05, 0.1) is 0 Å². The fraction of sp³-hybridized carbons (Fsp3) is 0.375. The zero-order valence-electron chi connectivity index (χ0n) is 16.6. The predicted molar refractivity (Wildman–Crippen MR) is 116 cm³/mol. The SMILES string of the molecule is CCCc1ccc(CC(C)NC(=O)/C=C/c2ccc(Cl)cc2)cc1CCC. The van der Waals surface area contributed by atoms with E-state index in [0.29, 0.717) is 5.02 Å². The number of benzene rings is 2. The number of hydrogen-bond donors (Lipinski definition) is 1. The average molecular weight is 384 g/mol. The van der Waals surface area contributed by atoms with Gasteiger partial charge in [0.15, 0.2) is 0 Å². The lowest BCUT2D eigenvalue weighted by atomic mass is 9.95. The molecular formula is C24H30ClNO. The molecule has 2 aromatic rings. The minimum atomic E-state index is -0.0752. The number of carbonyl (C=O) groups excluding carboxylic acids is 1. The van der Waals surface area contributed by atoms with Crippen LogP contribution in [0.1, 0.15) is 55.9 Å². The summed E-state index contributed by atoms with van der Waals surface area (Å²) < 4.78 is 0. The first-order valence-corrected chi connectivity index (χ1v) is 10.2. The predicted octanol–water partition coefficient (Wildman–Crippen LogP) is 6.01. The number of rotatable bonds is 9. The number of carbonyl (C=O) groups is 1. The third-order valence-corrected chi connectivity index (χ3v) is 4.79. The number of hydrogen-bond acceptors (Lipinski definition) is 1. The Hall–Kier alpha value is -2.06. The van der Waals surface area contributed by atoms with Crippen molar-refractivity contribution in [1.82, 2.24) is 5.32 Å². The molecule has 0 fully saturated rings. The van der Waals surface area contributed by atoms with Crippen LogP contribution in [0.2, 0.25) is 5.02 Å². The Bertz CT molecular complexity index is 764. The van der Waals surface area contributed by atoms with Crippen LogP contribution < -0.4 is 5.32 Å². The smallest absolute Gasteiger partial charge is 0.244 e. The maximum absolute atomic E-state index is 12.2. The highest BCUT2D eigenvalue weighted by Crippen LogP contribution is 2.17. The fourth-order valence-corrected chi connectivity index (χ4v) is 3.39. The van der Waals surface area contributed by atoms with Gasteiger partial charge in [-0.2, -0.15) is 0 Å². The second-order valence-electron chi connectivity index (χ2n) is 7.10. The molecule has 1 N–H and O–H groups in total. The molecule has 2 aromatic carbocycles. The molecule has 0 aliphatic heterocycles. The Morgan fingerprint density at radius 3 is 2.37 bits per heavy atom. The quantitative estimate of drug-likeness (QED) is 0.528. The van der Waals surface area contributed by atoms with Gasteiger partial charge in [-0.1, -0.05) is 68.6 Å². The molecule has 1 amide bonds. The van der Waals surface area contributed by atoms with Crippen LogP contribution >= 0.6 is 11.6 Å².